The van der Waals surface area contributed by atoms with Crippen LogP contribution in [0.5, 0.6) is 5.75 Å². The minimum absolute atomic E-state index is 0.0414. The summed E-state index contributed by atoms with van der Waals surface area (Å²) in [7, 11) is 0. The van der Waals surface area contributed by atoms with Crippen LogP contribution in [0.15, 0.2) is 60.9 Å². The zero-order valence-electron chi connectivity index (χ0n) is 19.8. The molecule has 184 valence electrons. The molecule has 2 unspecified atom stereocenters. The highest BCUT2D eigenvalue weighted by Crippen LogP contribution is 2.37. The Kier molecular flexibility index (Phi) is 7.91. The van der Waals surface area contributed by atoms with Crippen molar-refractivity contribution in [2.45, 2.75) is 45.6 Å². The molecule has 0 amide bonds. The summed E-state index contributed by atoms with van der Waals surface area (Å²) >= 11 is 0. The molecular weight excluding hydrogens is 456 g/mol. The van der Waals surface area contributed by atoms with Gasteiger partial charge in [0.25, 0.3) is 0 Å². The fraction of sp³-hybridized carbons (Fsp3) is 0.310. The third-order valence-corrected chi connectivity index (χ3v) is 6.41. The molecule has 3 aromatic rings. The lowest BCUT2D eigenvalue weighted by atomic mass is 9.90. The average molecular weight is 485 g/mol. The molecule has 1 saturated heterocycles. The first-order valence-corrected chi connectivity index (χ1v) is 11.9. The molecule has 35 heavy (non-hydrogen) atoms. The highest BCUT2D eigenvalue weighted by atomic mass is 19.2. The predicted octanol–water partition coefficient (Wildman–Crippen LogP) is 8.76. The quantitative estimate of drug-likeness (QED) is 0.247. The Morgan fingerprint density at radius 1 is 0.829 bits per heavy atom. The summed E-state index contributed by atoms with van der Waals surface area (Å²) < 4.78 is 69.8. The van der Waals surface area contributed by atoms with E-state index in [4.69, 9.17) is 9.47 Å². The summed E-state index contributed by atoms with van der Waals surface area (Å²) in [5, 5.41) is 0. The van der Waals surface area contributed by atoms with Crippen LogP contribution in [0.25, 0.3) is 22.3 Å². The van der Waals surface area contributed by atoms with E-state index in [1.54, 1.807) is 43.3 Å². The first-order valence-electron chi connectivity index (χ1n) is 11.9. The Morgan fingerprint density at radius 3 is 2.03 bits per heavy atom. The molecule has 1 heterocycles. The van der Waals surface area contributed by atoms with Crippen LogP contribution < -0.4 is 4.74 Å². The second-order valence-electron chi connectivity index (χ2n) is 8.79. The van der Waals surface area contributed by atoms with Crippen molar-refractivity contribution in [3.8, 4) is 28.0 Å². The van der Waals surface area contributed by atoms with Crippen molar-refractivity contribution >= 4 is 0 Å². The molecule has 6 heteroatoms. The number of ether oxygens (including phenoxy) is 2. The van der Waals surface area contributed by atoms with Gasteiger partial charge in [-0.05, 0) is 55.4 Å². The largest absolute Gasteiger partial charge is 0.462 e. The van der Waals surface area contributed by atoms with Crippen molar-refractivity contribution in [2.75, 3.05) is 6.61 Å². The maximum atomic E-state index is 15.0. The lowest BCUT2D eigenvalue weighted by Gasteiger charge is -2.29. The van der Waals surface area contributed by atoms with E-state index in [2.05, 4.69) is 6.92 Å². The van der Waals surface area contributed by atoms with Crippen molar-refractivity contribution in [2.24, 2.45) is 5.92 Å². The van der Waals surface area contributed by atoms with E-state index in [-0.39, 0.29) is 22.4 Å². The molecule has 1 fully saturated rings. The van der Waals surface area contributed by atoms with Crippen LogP contribution in [0.4, 0.5) is 17.6 Å². The van der Waals surface area contributed by atoms with Crippen LogP contribution in [0.3, 0.4) is 0 Å². The van der Waals surface area contributed by atoms with Gasteiger partial charge in [-0.3, -0.25) is 0 Å². The van der Waals surface area contributed by atoms with E-state index in [1.165, 1.54) is 24.5 Å². The van der Waals surface area contributed by atoms with Crippen LogP contribution in [-0.2, 0) is 4.74 Å². The molecule has 2 atom stereocenters. The molecule has 3 aromatic carbocycles. The third kappa shape index (κ3) is 5.27. The number of halogens is 4. The van der Waals surface area contributed by atoms with Gasteiger partial charge < -0.3 is 9.47 Å². The van der Waals surface area contributed by atoms with Gasteiger partial charge in [0.15, 0.2) is 23.2 Å². The summed E-state index contributed by atoms with van der Waals surface area (Å²) in [6, 6.07) is 12.1. The van der Waals surface area contributed by atoms with Gasteiger partial charge in [0.05, 0.1) is 19.0 Å². The highest BCUT2D eigenvalue weighted by Gasteiger charge is 2.27. The van der Waals surface area contributed by atoms with Crippen LogP contribution in [0.1, 0.15) is 51.2 Å². The first kappa shape index (κ1) is 25.0. The Bertz CT molecular complexity index is 1200. The predicted molar refractivity (Wildman–Crippen MR) is 129 cm³/mol. The Balaban J connectivity index is 1.55. The lowest BCUT2D eigenvalue weighted by Crippen LogP contribution is -2.21. The molecular formula is C29H28F4O2. The summed E-state index contributed by atoms with van der Waals surface area (Å²) in [6.07, 6.45) is 6.11. The standard InChI is InChI=1S/C29H28F4O2/c1-3-5-18-6-14-24(35-17-18)23-12-11-21(26(30)28(23)32)19-7-9-20(10-8-19)22-13-15-25(34-16-4-2)29(33)27(22)31/h4,7-13,15-16,18,24H,3,5-6,14,17H2,1-2H3. The maximum Gasteiger partial charge on any atom is 0.201 e. The number of allylic oxidation sites excluding steroid dienone is 1. The maximum absolute atomic E-state index is 15.0. The Hall–Kier alpha value is -3.12. The number of hydrogen-bond donors (Lipinski definition) is 0. The van der Waals surface area contributed by atoms with E-state index < -0.39 is 29.4 Å². The van der Waals surface area contributed by atoms with Gasteiger partial charge in [-0.1, -0.05) is 55.8 Å². The molecule has 1 aliphatic heterocycles. The minimum atomic E-state index is -1.10. The first-order chi connectivity index (χ1) is 16.9. The monoisotopic (exact) mass is 484 g/mol. The van der Waals surface area contributed by atoms with E-state index in [9.17, 15) is 13.2 Å². The van der Waals surface area contributed by atoms with Gasteiger partial charge in [0.2, 0.25) is 5.82 Å². The van der Waals surface area contributed by atoms with Crippen LogP contribution in [-0.4, -0.2) is 6.61 Å². The zero-order chi connectivity index (χ0) is 24.9. The molecule has 1 aliphatic rings. The molecule has 4 rings (SSSR count). The van der Waals surface area contributed by atoms with Crippen LogP contribution in [0.2, 0.25) is 0 Å². The lowest BCUT2D eigenvalue weighted by molar-refractivity contribution is -0.0214. The summed E-state index contributed by atoms with van der Waals surface area (Å²) in [6.45, 7) is 4.37. The molecule has 0 radical (unpaired) electrons. The Morgan fingerprint density at radius 2 is 1.46 bits per heavy atom. The van der Waals surface area contributed by atoms with Crippen LogP contribution >= 0.6 is 0 Å². The van der Waals surface area contributed by atoms with Crippen molar-refractivity contribution in [3.05, 3.63) is 89.7 Å². The van der Waals surface area contributed by atoms with Gasteiger partial charge in [-0.15, -0.1) is 0 Å². The second kappa shape index (κ2) is 11.1. The fourth-order valence-corrected chi connectivity index (χ4v) is 4.54. The number of benzene rings is 3. The van der Waals surface area contributed by atoms with Crippen molar-refractivity contribution < 1.29 is 27.0 Å². The molecule has 2 nitrogen and oxygen atoms in total. The summed E-state index contributed by atoms with van der Waals surface area (Å²) in [5.41, 5.74) is 1.20. The van der Waals surface area contributed by atoms with Crippen molar-refractivity contribution in [3.63, 3.8) is 0 Å². The normalized spacial score (nSPS) is 18.2. The minimum Gasteiger partial charge on any atom is -0.462 e. The molecule has 0 N–H and O–H groups in total. The molecule has 0 bridgehead atoms. The van der Waals surface area contributed by atoms with Gasteiger partial charge in [-0.2, -0.15) is 4.39 Å². The summed E-state index contributed by atoms with van der Waals surface area (Å²) in [5.74, 6) is -3.75. The molecule has 0 aromatic heterocycles. The van der Waals surface area contributed by atoms with Crippen molar-refractivity contribution in [1.82, 2.24) is 0 Å². The van der Waals surface area contributed by atoms with E-state index in [0.29, 0.717) is 30.1 Å². The Labute approximate surface area is 203 Å². The highest BCUT2D eigenvalue weighted by molar-refractivity contribution is 5.71. The van der Waals surface area contributed by atoms with E-state index >= 15 is 4.39 Å². The molecule has 0 aliphatic carbocycles. The van der Waals surface area contributed by atoms with Gasteiger partial charge >= 0.3 is 0 Å². The smallest absolute Gasteiger partial charge is 0.201 e. The van der Waals surface area contributed by atoms with Crippen molar-refractivity contribution in [1.29, 1.82) is 0 Å². The van der Waals surface area contributed by atoms with E-state index in [0.717, 1.165) is 19.3 Å². The van der Waals surface area contributed by atoms with Gasteiger partial charge in [0.1, 0.15) is 0 Å². The second-order valence-corrected chi connectivity index (χ2v) is 8.79. The van der Waals surface area contributed by atoms with Gasteiger partial charge in [-0.25, -0.2) is 13.2 Å². The van der Waals surface area contributed by atoms with Gasteiger partial charge in [0, 0.05) is 16.7 Å². The number of rotatable bonds is 7. The van der Waals surface area contributed by atoms with Crippen LogP contribution in [0, 0.1) is 29.2 Å². The molecule has 0 spiro atoms. The fourth-order valence-electron chi connectivity index (χ4n) is 4.54. The third-order valence-electron chi connectivity index (χ3n) is 6.41. The topological polar surface area (TPSA) is 18.5 Å². The van der Waals surface area contributed by atoms with E-state index in [1.807, 2.05) is 0 Å². The SMILES string of the molecule is CC=COc1ccc(-c2ccc(-c3ccc(C4CCC(CCC)CO4)c(F)c3F)cc2)c(F)c1F. The summed E-state index contributed by atoms with van der Waals surface area (Å²) in [4.78, 5) is 0. The molecule has 0 saturated carbocycles. The number of hydrogen-bond acceptors (Lipinski definition) is 2. The zero-order valence-corrected chi connectivity index (χ0v) is 19.8. The average Bonchev–Trinajstić information content (AvgIpc) is 2.88.